The van der Waals surface area contributed by atoms with Crippen molar-refractivity contribution in [3.63, 3.8) is 0 Å². The van der Waals surface area contributed by atoms with Gasteiger partial charge in [0.15, 0.2) is 0 Å². The van der Waals surface area contributed by atoms with Crippen LogP contribution in [0.3, 0.4) is 0 Å². The Morgan fingerprint density at radius 2 is 1.62 bits per heavy atom. The van der Waals surface area contributed by atoms with Gasteiger partial charge in [-0.3, -0.25) is 9.59 Å². The molecule has 0 rings (SSSR count). The normalized spacial score (nSPS) is 12.2. The molecule has 124 valence electrons. The lowest BCUT2D eigenvalue weighted by atomic mass is 9.79. The number of carbonyl (C=O) groups is 2. The maximum Gasteiger partial charge on any atom is 0.310 e. The van der Waals surface area contributed by atoms with E-state index in [-0.39, 0.29) is 17.7 Å². The molecule has 0 aliphatic rings. The van der Waals surface area contributed by atoms with Crippen molar-refractivity contribution in [2.45, 2.75) is 79.6 Å². The van der Waals surface area contributed by atoms with Crippen LogP contribution in [-0.2, 0) is 9.59 Å². The van der Waals surface area contributed by atoms with Crippen LogP contribution < -0.4 is 5.32 Å². The van der Waals surface area contributed by atoms with E-state index in [9.17, 15) is 14.7 Å². The van der Waals surface area contributed by atoms with Crippen molar-refractivity contribution >= 4 is 11.9 Å². The van der Waals surface area contributed by atoms with E-state index in [0.717, 1.165) is 6.42 Å². The van der Waals surface area contributed by atoms with Crippen LogP contribution >= 0.6 is 0 Å². The largest absolute Gasteiger partial charge is 0.481 e. The Bertz CT molecular complexity index is 333. The summed E-state index contributed by atoms with van der Waals surface area (Å²) < 4.78 is 0. The molecule has 0 radical (unpaired) electrons. The lowest BCUT2D eigenvalue weighted by Crippen LogP contribution is -2.40. The van der Waals surface area contributed by atoms with Crippen LogP contribution in [0.25, 0.3) is 0 Å². The summed E-state index contributed by atoms with van der Waals surface area (Å²) in [5, 5.41) is 12.3. The van der Waals surface area contributed by atoms with Gasteiger partial charge in [0, 0.05) is 13.0 Å². The van der Waals surface area contributed by atoms with Crippen LogP contribution in [0.15, 0.2) is 0 Å². The highest BCUT2D eigenvalue weighted by atomic mass is 16.4. The Labute approximate surface area is 129 Å². The molecular weight excluding hydrogens is 266 g/mol. The molecule has 0 saturated heterocycles. The number of unbranched alkanes of at least 4 members (excludes halogenated alkanes) is 2. The Morgan fingerprint density at radius 3 is 2.05 bits per heavy atom. The zero-order valence-corrected chi connectivity index (χ0v) is 14.4. The first-order valence-electron chi connectivity index (χ1n) is 8.23. The molecule has 0 heterocycles. The van der Waals surface area contributed by atoms with Crippen molar-refractivity contribution in [3.8, 4) is 0 Å². The Kier molecular flexibility index (Phi) is 8.60. The quantitative estimate of drug-likeness (QED) is 0.567. The molecule has 0 aromatic carbocycles. The van der Waals surface area contributed by atoms with Gasteiger partial charge in [-0.15, -0.1) is 0 Å². The van der Waals surface area contributed by atoms with Gasteiger partial charge in [0.2, 0.25) is 5.91 Å². The van der Waals surface area contributed by atoms with Gasteiger partial charge in [0.1, 0.15) is 0 Å². The van der Waals surface area contributed by atoms with Gasteiger partial charge >= 0.3 is 5.97 Å². The molecule has 0 bridgehead atoms. The molecule has 4 heteroatoms. The number of hydrogen-bond acceptors (Lipinski definition) is 2. The molecule has 0 aliphatic carbocycles. The number of hydrogen-bond donors (Lipinski definition) is 2. The SMILES string of the molecule is CCCCCC(C)(C)CNC(=O)CC(CC)(CC)C(=O)O. The standard InChI is InChI=1S/C17H33NO3/c1-6-9-10-11-16(4,5)13-18-14(19)12-17(7-2,8-3)15(20)21/h6-13H2,1-5H3,(H,18,19)(H,20,21). The maximum atomic E-state index is 12.1. The van der Waals surface area contributed by atoms with Gasteiger partial charge in [-0.2, -0.15) is 0 Å². The zero-order chi connectivity index (χ0) is 16.5. The monoisotopic (exact) mass is 299 g/mol. The van der Waals surface area contributed by atoms with Crippen molar-refractivity contribution in [2.24, 2.45) is 10.8 Å². The molecule has 0 atom stereocenters. The molecule has 21 heavy (non-hydrogen) atoms. The van der Waals surface area contributed by atoms with Gasteiger partial charge < -0.3 is 10.4 Å². The van der Waals surface area contributed by atoms with Gasteiger partial charge in [0.05, 0.1) is 5.41 Å². The van der Waals surface area contributed by atoms with E-state index in [0.29, 0.717) is 19.4 Å². The first-order chi connectivity index (χ1) is 9.73. The van der Waals surface area contributed by atoms with Gasteiger partial charge in [-0.25, -0.2) is 0 Å². The van der Waals surface area contributed by atoms with Crippen LogP contribution in [0.4, 0.5) is 0 Å². The maximum absolute atomic E-state index is 12.1. The van der Waals surface area contributed by atoms with E-state index < -0.39 is 11.4 Å². The fourth-order valence-electron chi connectivity index (χ4n) is 2.53. The predicted molar refractivity (Wildman–Crippen MR) is 86.2 cm³/mol. The molecule has 0 unspecified atom stereocenters. The highest BCUT2D eigenvalue weighted by Gasteiger charge is 2.37. The van der Waals surface area contributed by atoms with Gasteiger partial charge in [-0.05, 0) is 24.7 Å². The number of carboxylic acid groups (broad SMARTS) is 1. The number of rotatable bonds is 11. The minimum absolute atomic E-state index is 0.0646. The third kappa shape index (κ3) is 6.96. The highest BCUT2D eigenvalue weighted by molar-refractivity contribution is 5.84. The average Bonchev–Trinajstić information content (AvgIpc) is 2.42. The topological polar surface area (TPSA) is 66.4 Å². The number of carbonyl (C=O) groups excluding carboxylic acids is 1. The fourth-order valence-corrected chi connectivity index (χ4v) is 2.53. The third-order valence-electron chi connectivity index (χ3n) is 4.53. The van der Waals surface area contributed by atoms with Crippen molar-refractivity contribution in [1.29, 1.82) is 0 Å². The van der Waals surface area contributed by atoms with E-state index in [1.54, 1.807) is 0 Å². The van der Waals surface area contributed by atoms with Gasteiger partial charge in [0.25, 0.3) is 0 Å². The summed E-state index contributed by atoms with van der Waals surface area (Å²) >= 11 is 0. The van der Waals surface area contributed by atoms with Crippen molar-refractivity contribution < 1.29 is 14.7 Å². The molecule has 0 spiro atoms. The lowest BCUT2D eigenvalue weighted by molar-refractivity contribution is -0.152. The van der Waals surface area contributed by atoms with E-state index in [1.807, 2.05) is 13.8 Å². The fraction of sp³-hybridized carbons (Fsp3) is 0.882. The minimum atomic E-state index is -0.920. The molecule has 0 aromatic heterocycles. The van der Waals surface area contributed by atoms with Crippen LogP contribution in [0.1, 0.15) is 79.6 Å². The third-order valence-corrected chi connectivity index (χ3v) is 4.53. The highest BCUT2D eigenvalue weighted by Crippen LogP contribution is 2.31. The molecular formula is C17H33NO3. The summed E-state index contributed by atoms with van der Waals surface area (Å²) in [5.74, 6) is -1.02. The summed E-state index contributed by atoms with van der Waals surface area (Å²) in [7, 11) is 0. The van der Waals surface area contributed by atoms with Crippen LogP contribution in [-0.4, -0.2) is 23.5 Å². The summed E-state index contributed by atoms with van der Waals surface area (Å²) in [4.78, 5) is 23.5. The number of nitrogens with one attached hydrogen (secondary N) is 1. The number of carboxylic acids is 1. The Balaban J connectivity index is 4.39. The van der Waals surface area contributed by atoms with Crippen LogP contribution in [0.2, 0.25) is 0 Å². The van der Waals surface area contributed by atoms with Crippen molar-refractivity contribution in [3.05, 3.63) is 0 Å². The first kappa shape index (κ1) is 19.9. The minimum Gasteiger partial charge on any atom is -0.481 e. The van der Waals surface area contributed by atoms with Crippen molar-refractivity contribution in [2.75, 3.05) is 6.54 Å². The lowest BCUT2D eigenvalue weighted by Gasteiger charge is -2.28. The Hall–Kier alpha value is -1.06. The second-order valence-electron chi connectivity index (χ2n) is 6.87. The smallest absolute Gasteiger partial charge is 0.310 e. The summed E-state index contributed by atoms with van der Waals surface area (Å²) in [6, 6.07) is 0. The van der Waals surface area contributed by atoms with E-state index >= 15 is 0 Å². The first-order valence-corrected chi connectivity index (χ1v) is 8.23. The zero-order valence-electron chi connectivity index (χ0n) is 14.4. The van der Waals surface area contributed by atoms with Crippen LogP contribution in [0, 0.1) is 10.8 Å². The van der Waals surface area contributed by atoms with E-state index in [2.05, 4.69) is 26.1 Å². The number of aliphatic carboxylic acids is 1. The summed E-state index contributed by atoms with van der Waals surface area (Å²) in [5.41, 5.74) is -0.856. The molecule has 1 amide bonds. The molecule has 4 nitrogen and oxygen atoms in total. The van der Waals surface area contributed by atoms with Crippen molar-refractivity contribution in [1.82, 2.24) is 5.32 Å². The average molecular weight is 299 g/mol. The molecule has 0 aromatic rings. The molecule has 0 saturated carbocycles. The van der Waals surface area contributed by atoms with Crippen LogP contribution in [0.5, 0.6) is 0 Å². The predicted octanol–water partition coefficient (Wildman–Crippen LogP) is 3.99. The van der Waals surface area contributed by atoms with E-state index in [4.69, 9.17) is 0 Å². The molecule has 0 fully saturated rings. The molecule has 0 aliphatic heterocycles. The van der Waals surface area contributed by atoms with Gasteiger partial charge in [-0.1, -0.05) is 53.9 Å². The second-order valence-corrected chi connectivity index (χ2v) is 6.87. The Morgan fingerprint density at radius 1 is 1.05 bits per heavy atom. The summed E-state index contributed by atoms with van der Waals surface area (Å²) in [6.07, 6.45) is 5.68. The molecule has 2 N–H and O–H groups in total. The number of amides is 1. The second kappa shape index (κ2) is 9.06. The summed E-state index contributed by atoms with van der Waals surface area (Å²) in [6.45, 7) is 10.7. The van der Waals surface area contributed by atoms with E-state index in [1.165, 1.54) is 19.3 Å².